The molecule has 1 saturated carbocycles. The van der Waals surface area contributed by atoms with Crippen LogP contribution < -0.4 is 9.62 Å². The lowest BCUT2D eigenvalue weighted by Gasteiger charge is -2.34. The van der Waals surface area contributed by atoms with Gasteiger partial charge in [-0.25, -0.2) is 8.42 Å². The van der Waals surface area contributed by atoms with Crippen LogP contribution in [-0.2, 0) is 26.2 Å². The maximum absolute atomic E-state index is 14.2. The number of sulfonamides is 1. The second-order valence-corrected chi connectivity index (χ2v) is 13.5. The van der Waals surface area contributed by atoms with Gasteiger partial charge in [0.05, 0.1) is 10.6 Å². The minimum Gasteiger partial charge on any atom is -0.352 e. The zero-order valence-electron chi connectivity index (χ0n) is 24.1. The molecule has 1 aliphatic carbocycles. The van der Waals surface area contributed by atoms with Crippen LogP contribution in [0, 0.1) is 13.8 Å². The minimum absolute atomic E-state index is 0.0412. The summed E-state index contributed by atoms with van der Waals surface area (Å²) in [6, 6.07) is 17.6. The van der Waals surface area contributed by atoms with Gasteiger partial charge in [-0.2, -0.15) is 0 Å². The van der Waals surface area contributed by atoms with Crippen molar-refractivity contribution < 1.29 is 18.0 Å². The molecule has 3 aromatic carbocycles. The third-order valence-electron chi connectivity index (χ3n) is 7.75. The van der Waals surface area contributed by atoms with Crippen molar-refractivity contribution in [1.29, 1.82) is 0 Å². The lowest BCUT2D eigenvalue weighted by Crippen LogP contribution is -2.53. The molecule has 3 aromatic rings. The van der Waals surface area contributed by atoms with E-state index in [1.165, 1.54) is 17.0 Å². The molecule has 1 fully saturated rings. The van der Waals surface area contributed by atoms with Crippen molar-refractivity contribution in [2.75, 3.05) is 10.8 Å². The normalized spacial score (nSPS) is 14.7. The summed E-state index contributed by atoms with van der Waals surface area (Å²) in [5.41, 5.74) is 2.41. The lowest BCUT2D eigenvalue weighted by atomic mass is 9.95. The Morgan fingerprint density at radius 1 is 0.929 bits per heavy atom. The lowest BCUT2D eigenvalue weighted by molar-refractivity contribution is -0.139. The Morgan fingerprint density at radius 2 is 1.57 bits per heavy atom. The second-order valence-electron chi connectivity index (χ2n) is 10.9. The van der Waals surface area contributed by atoms with E-state index in [9.17, 15) is 18.0 Å². The summed E-state index contributed by atoms with van der Waals surface area (Å²) >= 11 is 13.0. The number of halogens is 2. The molecule has 4 rings (SSSR count). The van der Waals surface area contributed by atoms with Crippen LogP contribution in [0.4, 0.5) is 5.69 Å². The first-order chi connectivity index (χ1) is 20.0. The molecule has 1 N–H and O–H groups in total. The van der Waals surface area contributed by atoms with Gasteiger partial charge in [0.2, 0.25) is 11.8 Å². The highest BCUT2D eigenvalue weighted by atomic mass is 35.5. The van der Waals surface area contributed by atoms with E-state index in [2.05, 4.69) is 5.32 Å². The molecule has 0 saturated heterocycles. The Bertz CT molecular complexity index is 1510. The molecule has 10 heteroatoms. The number of nitrogens with zero attached hydrogens (tertiary/aromatic N) is 2. The number of anilines is 1. The molecule has 0 spiro atoms. The molecule has 1 atom stereocenters. The highest BCUT2D eigenvalue weighted by molar-refractivity contribution is 7.92. The van der Waals surface area contributed by atoms with Crippen molar-refractivity contribution in [3.05, 3.63) is 93.5 Å². The summed E-state index contributed by atoms with van der Waals surface area (Å²) in [5, 5.41) is 3.80. The van der Waals surface area contributed by atoms with E-state index < -0.39 is 28.5 Å². The Hall–Kier alpha value is -3.07. The first kappa shape index (κ1) is 31.9. The van der Waals surface area contributed by atoms with Crippen LogP contribution in [0.5, 0.6) is 0 Å². The molecule has 42 heavy (non-hydrogen) atoms. The molecular weight excluding hydrogens is 593 g/mol. The first-order valence-corrected chi connectivity index (χ1v) is 16.4. The summed E-state index contributed by atoms with van der Waals surface area (Å²) in [6.45, 7) is 4.72. The van der Waals surface area contributed by atoms with E-state index in [0.717, 1.165) is 42.0 Å². The summed E-state index contributed by atoms with van der Waals surface area (Å²) < 4.78 is 29.2. The number of nitrogens with one attached hydrogen (secondary N) is 1. The van der Waals surface area contributed by atoms with Gasteiger partial charge in [0.1, 0.15) is 12.6 Å². The molecule has 0 bridgehead atoms. The Kier molecular flexibility index (Phi) is 10.6. The number of hydrogen-bond acceptors (Lipinski definition) is 4. The predicted octanol–water partition coefficient (Wildman–Crippen LogP) is 6.67. The van der Waals surface area contributed by atoms with Crippen LogP contribution in [0.15, 0.2) is 71.6 Å². The van der Waals surface area contributed by atoms with E-state index in [1.807, 2.05) is 19.1 Å². The zero-order valence-corrected chi connectivity index (χ0v) is 26.5. The molecule has 0 radical (unpaired) electrons. The molecule has 0 unspecified atom stereocenters. The number of aryl methyl sites for hydroxylation is 2. The van der Waals surface area contributed by atoms with E-state index in [4.69, 9.17) is 23.2 Å². The number of amides is 2. The fraction of sp³-hybridized carbons (Fsp3) is 0.375. The van der Waals surface area contributed by atoms with Crippen molar-refractivity contribution >= 4 is 50.7 Å². The van der Waals surface area contributed by atoms with Gasteiger partial charge in [-0.1, -0.05) is 78.9 Å². The molecule has 0 aromatic heterocycles. The average Bonchev–Trinajstić information content (AvgIpc) is 2.97. The van der Waals surface area contributed by atoms with Gasteiger partial charge >= 0.3 is 0 Å². The Balaban J connectivity index is 1.73. The summed E-state index contributed by atoms with van der Waals surface area (Å²) in [5.74, 6) is -0.861. The third kappa shape index (κ3) is 7.46. The van der Waals surface area contributed by atoms with Gasteiger partial charge in [0.15, 0.2) is 0 Å². The number of carbonyl (C=O) groups excluding carboxylic acids is 2. The van der Waals surface area contributed by atoms with Gasteiger partial charge in [-0.3, -0.25) is 13.9 Å². The van der Waals surface area contributed by atoms with Gasteiger partial charge in [0, 0.05) is 28.2 Å². The quantitative estimate of drug-likeness (QED) is 0.271. The fourth-order valence-electron chi connectivity index (χ4n) is 5.23. The second kappa shape index (κ2) is 13.9. The monoisotopic (exact) mass is 629 g/mol. The van der Waals surface area contributed by atoms with Crippen LogP contribution in [0.2, 0.25) is 10.0 Å². The number of benzene rings is 3. The van der Waals surface area contributed by atoms with Crippen molar-refractivity contribution in [2.24, 2.45) is 0 Å². The van der Waals surface area contributed by atoms with Gasteiger partial charge < -0.3 is 10.2 Å². The smallest absolute Gasteiger partial charge is 0.264 e. The average molecular weight is 631 g/mol. The number of hydrogen-bond donors (Lipinski definition) is 1. The highest BCUT2D eigenvalue weighted by Gasteiger charge is 2.34. The standard InChI is InChI=1S/C32H37Cl2N3O4S/c1-22-17-18-23(2)30(19-22)37(42(40,41)26-13-8-5-9-14-26)21-31(38)36(20-27-28(33)15-10-16-29(27)34)24(3)32(39)35-25-11-6-4-7-12-25/h5,8-10,13-19,24-25H,4,6-7,11-12,20-21H2,1-3H3,(H,35,39)/t24-/m0/s1. The van der Waals surface area contributed by atoms with E-state index in [1.54, 1.807) is 56.3 Å². The van der Waals surface area contributed by atoms with Crippen molar-refractivity contribution in [1.82, 2.24) is 10.2 Å². The molecule has 224 valence electrons. The summed E-state index contributed by atoms with van der Waals surface area (Å²) in [7, 11) is -4.15. The molecule has 7 nitrogen and oxygen atoms in total. The fourth-order valence-corrected chi connectivity index (χ4v) is 7.23. The molecule has 0 aliphatic heterocycles. The van der Waals surface area contributed by atoms with Crippen LogP contribution in [0.3, 0.4) is 0 Å². The molecule has 1 aliphatic rings. The highest BCUT2D eigenvalue weighted by Crippen LogP contribution is 2.30. The largest absolute Gasteiger partial charge is 0.352 e. The van der Waals surface area contributed by atoms with Gasteiger partial charge in [-0.15, -0.1) is 0 Å². The van der Waals surface area contributed by atoms with Crippen molar-refractivity contribution in [3.8, 4) is 0 Å². The van der Waals surface area contributed by atoms with Crippen molar-refractivity contribution in [3.63, 3.8) is 0 Å². The molecule has 2 amide bonds. The Labute approximate surface area is 258 Å². The molecule has 0 heterocycles. The minimum atomic E-state index is -4.15. The van der Waals surface area contributed by atoms with Gasteiger partial charge in [-0.05, 0) is 75.1 Å². The van der Waals surface area contributed by atoms with Crippen LogP contribution >= 0.6 is 23.2 Å². The summed E-state index contributed by atoms with van der Waals surface area (Å²) in [4.78, 5) is 29.1. The third-order valence-corrected chi connectivity index (χ3v) is 10.2. The van der Waals surface area contributed by atoms with E-state index in [0.29, 0.717) is 26.9 Å². The van der Waals surface area contributed by atoms with Gasteiger partial charge in [0.25, 0.3) is 10.0 Å². The van der Waals surface area contributed by atoms with Crippen LogP contribution in [0.25, 0.3) is 0 Å². The van der Waals surface area contributed by atoms with Crippen LogP contribution in [0.1, 0.15) is 55.7 Å². The SMILES string of the molecule is Cc1ccc(C)c(N(CC(=O)N(Cc2c(Cl)cccc2Cl)[C@@H](C)C(=O)NC2CCCCC2)S(=O)(=O)c2ccccc2)c1. The summed E-state index contributed by atoms with van der Waals surface area (Å²) in [6.07, 6.45) is 5.00. The number of carbonyl (C=O) groups is 2. The topological polar surface area (TPSA) is 86.8 Å². The van der Waals surface area contributed by atoms with E-state index in [-0.39, 0.29) is 23.4 Å². The van der Waals surface area contributed by atoms with Crippen LogP contribution in [-0.4, -0.2) is 43.8 Å². The number of rotatable bonds is 10. The first-order valence-electron chi connectivity index (χ1n) is 14.2. The maximum Gasteiger partial charge on any atom is 0.264 e. The molecular formula is C32H37Cl2N3O4S. The van der Waals surface area contributed by atoms with Crippen molar-refractivity contribution in [2.45, 2.75) is 76.4 Å². The Morgan fingerprint density at radius 3 is 2.21 bits per heavy atom. The van der Waals surface area contributed by atoms with E-state index >= 15 is 0 Å². The predicted molar refractivity (Wildman–Crippen MR) is 168 cm³/mol. The maximum atomic E-state index is 14.2. The zero-order chi connectivity index (χ0) is 30.4.